The van der Waals surface area contributed by atoms with E-state index in [2.05, 4.69) is 10.1 Å². The van der Waals surface area contributed by atoms with E-state index in [1.165, 1.54) is 12.0 Å². The van der Waals surface area contributed by atoms with Crippen molar-refractivity contribution in [3.8, 4) is 0 Å². The van der Waals surface area contributed by atoms with E-state index in [0.717, 1.165) is 5.69 Å². The van der Waals surface area contributed by atoms with E-state index < -0.39 is 12.1 Å². The summed E-state index contributed by atoms with van der Waals surface area (Å²) >= 11 is 0. The Kier molecular flexibility index (Phi) is 3.71. The summed E-state index contributed by atoms with van der Waals surface area (Å²) in [5.74, 6) is -0.623. The molecule has 1 saturated heterocycles. The van der Waals surface area contributed by atoms with Crippen LogP contribution in [-0.4, -0.2) is 43.8 Å². The van der Waals surface area contributed by atoms with Crippen LogP contribution in [0.4, 0.5) is 11.4 Å². The van der Waals surface area contributed by atoms with Crippen molar-refractivity contribution in [1.82, 2.24) is 0 Å². The fourth-order valence-electron chi connectivity index (χ4n) is 2.13. The highest BCUT2D eigenvalue weighted by atomic mass is 16.5. The zero-order chi connectivity index (χ0) is 14.0. The molecular formula is C13H16N2O4. The topological polar surface area (TPSA) is 78.9 Å². The highest BCUT2D eigenvalue weighted by molar-refractivity contribution is 6.01. The number of methoxy groups -OCH3 is 1. The maximum atomic E-state index is 11.8. The van der Waals surface area contributed by atoms with Crippen LogP contribution in [0.3, 0.4) is 0 Å². The molecule has 1 aliphatic rings. The van der Waals surface area contributed by atoms with Gasteiger partial charge in [0.2, 0.25) is 5.91 Å². The minimum atomic E-state index is -0.668. The summed E-state index contributed by atoms with van der Waals surface area (Å²) in [6.07, 6.45) is -0.565. The molecule has 1 aromatic rings. The number of rotatable bonds is 3. The van der Waals surface area contributed by atoms with Gasteiger partial charge >= 0.3 is 5.97 Å². The minimum absolute atomic E-state index is 0.103. The Morgan fingerprint density at radius 1 is 1.53 bits per heavy atom. The summed E-state index contributed by atoms with van der Waals surface area (Å²) in [6.45, 7) is 0.234. The number of aliphatic hydroxyl groups excluding tert-OH is 1. The number of esters is 1. The Morgan fingerprint density at radius 3 is 2.79 bits per heavy atom. The van der Waals surface area contributed by atoms with Gasteiger partial charge < -0.3 is 20.1 Å². The quantitative estimate of drug-likeness (QED) is 0.782. The molecule has 1 fully saturated rings. The van der Waals surface area contributed by atoms with Gasteiger partial charge in [-0.25, -0.2) is 4.79 Å². The second-order valence-corrected chi connectivity index (χ2v) is 4.34. The summed E-state index contributed by atoms with van der Waals surface area (Å²) < 4.78 is 4.66. The maximum Gasteiger partial charge on any atom is 0.337 e. The van der Waals surface area contributed by atoms with Crippen molar-refractivity contribution in [2.75, 3.05) is 30.9 Å². The molecule has 102 valence electrons. The van der Waals surface area contributed by atoms with Crippen LogP contribution in [0, 0.1) is 0 Å². The molecule has 6 heteroatoms. The Morgan fingerprint density at radius 2 is 2.26 bits per heavy atom. The number of amides is 1. The van der Waals surface area contributed by atoms with Crippen LogP contribution in [0.15, 0.2) is 18.2 Å². The van der Waals surface area contributed by atoms with Crippen LogP contribution >= 0.6 is 0 Å². The molecule has 1 amide bonds. The van der Waals surface area contributed by atoms with Gasteiger partial charge in [-0.15, -0.1) is 0 Å². The zero-order valence-corrected chi connectivity index (χ0v) is 10.8. The number of carbonyl (C=O) groups excluding carboxylic acids is 2. The molecule has 0 bridgehead atoms. The number of ether oxygens (including phenoxy) is 1. The van der Waals surface area contributed by atoms with E-state index >= 15 is 0 Å². The molecule has 6 nitrogen and oxygen atoms in total. The second-order valence-electron chi connectivity index (χ2n) is 4.34. The number of nitrogens with zero attached hydrogens (tertiary/aromatic N) is 1. The van der Waals surface area contributed by atoms with E-state index in [9.17, 15) is 14.7 Å². The Hall–Kier alpha value is -2.08. The molecule has 1 aromatic carbocycles. The molecule has 1 atom stereocenters. The fraction of sp³-hybridized carbons (Fsp3) is 0.385. The van der Waals surface area contributed by atoms with E-state index in [0.29, 0.717) is 11.3 Å². The average Bonchev–Trinajstić information content (AvgIpc) is 2.76. The molecule has 1 heterocycles. The fourth-order valence-corrected chi connectivity index (χ4v) is 2.13. The number of anilines is 2. The van der Waals surface area contributed by atoms with Crippen molar-refractivity contribution in [2.45, 2.75) is 12.5 Å². The lowest BCUT2D eigenvalue weighted by atomic mass is 10.1. The highest BCUT2D eigenvalue weighted by Crippen LogP contribution is 2.30. The molecule has 1 aliphatic heterocycles. The number of carbonyl (C=O) groups is 2. The first-order chi connectivity index (χ1) is 9.06. The number of hydrogen-bond acceptors (Lipinski definition) is 5. The molecular weight excluding hydrogens is 248 g/mol. The van der Waals surface area contributed by atoms with Crippen molar-refractivity contribution in [3.63, 3.8) is 0 Å². The Balaban J connectivity index is 2.42. The largest absolute Gasteiger partial charge is 0.465 e. The zero-order valence-electron chi connectivity index (χ0n) is 10.8. The van der Waals surface area contributed by atoms with E-state index in [1.807, 2.05) is 0 Å². The lowest BCUT2D eigenvalue weighted by molar-refractivity contribution is -0.117. The summed E-state index contributed by atoms with van der Waals surface area (Å²) in [5.41, 5.74) is 1.66. The lowest BCUT2D eigenvalue weighted by Crippen LogP contribution is -2.26. The summed E-state index contributed by atoms with van der Waals surface area (Å²) in [6, 6.07) is 4.92. The van der Waals surface area contributed by atoms with Gasteiger partial charge in [0.05, 0.1) is 43.1 Å². The highest BCUT2D eigenvalue weighted by Gasteiger charge is 2.30. The van der Waals surface area contributed by atoms with Crippen molar-refractivity contribution < 1.29 is 19.4 Å². The molecule has 0 aliphatic carbocycles. The first-order valence-corrected chi connectivity index (χ1v) is 5.95. The SMILES string of the molecule is CNc1ccc(C(=O)OC)cc1N1CC(O)CC1=O. The van der Waals surface area contributed by atoms with Gasteiger partial charge in [0.25, 0.3) is 0 Å². The Bertz CT molecular complexity index is 515. The van der Waals surface area contributed by atoms with Crippen LogP contribution in [0.25, 0.3) is 0 Å². The summed E-state index contributed by atoms with van der Waals surface area (Å²) in [7, 11) is 3.03. The minimum Gasteiger partial charge on any atom is -0.465 e. The molecule has 2 N–H and O–H groups in total. The van der Waals surface area contributed by atoms with Crippen LogP contribution in [0.2, 0.25) is 0 Å². The van der Waals surface area contributed by atoms with Crippen molar-refractivity contribution in [3.05, 3.63) is 23.8 Å². The predicted molar refractivity (Wildman–Crippen MR) is 70.3 cm³/mol. The molecule has 1 unspecified atom stereocenters. The molecule has 2 rings (SSSR count). The average molecular weight is 264 g/mol. The van der Waals surface area contributed by atoms with Gasteiger partial charge in [-0.3, -0.25) is 4.79 Å². The molecule has 0 radical (unpaired) electrons. The van der Waals surface area contributed by atoms with Gasteiger partial charge in [-0.2, -0.15) is 0 Å². The third-order valence-electron chi connectivity index (χ3n) is 3.08. The van der Waals surface area contributed by atoms with Crippen LogP contribution < -0.4 is 10.2 Å². The molecule has 0 spiro atoms. The maximum absolute atomic E-state index is 11.8. The third kappa shape index (κ3) is 2.53. The van der Waals surface area contributed by atoms with Crippen molar-refractivity contribution in [1.29, 1.82) is 0 Å². The van der Waals surface area contributed by atoms with Gasteiger partial charge in [-0.1, -0.05) is 0 Å². The van der Waals surface area contributed by atoms with E-state index in [4.69, 9.17) is 0 Å². The number of benzene rings is 1. The third-order valence-corrected chi connectivity index (χ3v) is 3.08. The van der Waals surface area contributed by atoms with Crippen LogP contribution in [0.5, 0.6) is 0 Å². The van der Waals surface area contributed by atoms with Crippen LogP contribution in [0.1, 0.15) is 16.8 Å². The standard InChI is InChI=1S/C13H16N2O4/c1-14-10-4-3-8(13(18)19-2)5-11(10)15-7-9(16)6-12(15)17/h3-5,9,14,16H,6-7H2,1-2H3. The van der Waals surface area contributed by atoms with Crippen LogP contribution in [-0.2, 0) is 9.53 Å². The molecule has 0 saturated carbocycles. The number of nitrogens with one attached hydrogen (secondary N) is 1. The monoisotopic (exact) mass is 264 g/mol. The smallest absolute Gasteiger partial charge is 0.337 e. The summed E-state index contributed by atoms with van der Waals surface area (Å²) in [5, 5.41) is 12.5. The normalized spacial score (nSPS) is 18.6. The first-order valence-electron chi connectivity index (χ1n) is 5.95. The Labute approximate surface area is 111 Å². The number of β-amino-alcohol motifs (C(OH)–C–C–N with tert-alkyl or cyclic N) is 1. The molecule has 19 heavy (non-hydrogen) atoms. The van der Waals surface area contributed by atoms with E-state index in [-0.39, 0.29) is 18.9 Å². The number of aliphatic hydroxyl groups is 1. The first kappa shape index (κ1) is 13.4. The van der Waals surface area contributed by atoms with Gasteiger partial charge in [-0.05, 0) is 18.2 Å². The molecule has 0 aromatic heterocycles. The number of hydrogen-bond donors (Lipinski definition) is 2. The van der Waals surface area contributed by atoms with E-state index in [1.54, 1.807) is 25.2 Å². The predicted octanol–water partition coefficient (Wildman–Crippen LogP) is 0.612. The van der Waals surface area contributed by atoms with Gasteiger partial charge in [0.15, 0.2) is 0 Å². The van der Waals surface area contributed by atoms with Crippen molar-refractivity contribution in [2.24, 2.45) is 0 Å². The van der Waals surface area contributed by atoms with Gasteiger partial charge in [0, 0.05) is 7.05 Å². The van der Waals surface area contributed by atoms with Gasteiger partial charge in [0.1, 0.15) is 0 Å². The second kappa shape index (κ2) is 5.27. The van der Waals surface area contributed by atoms with Crippen molar-refractivity contribution >= 4 is 23.3 Å². The lowest BCUT2D eigenvalue weighted by Gasteiger charge is -2.20. The summed E-state index contributed by atoms with van der Waals surface area (Å²) in [4.78, 5) is 24.8.